The number of ketones is 1. The molecular formula is C11H13ClO4S2. The molecule has 100 valence electrons. The van der Waals surface area contributed by atoms with Crippen LogP contribution in [-0.4, -0.2) is 41.9 Å². The van der Waals surface area contributed by atoms with Gasteiger partial charge in [-0.2, -0.15) is 0 Å². The monoisotopic (exact) mass is 308 g/mol. The average Bonchev–Trinajstić information content (AvgIpc) is 2.25. The van der Waals surface area contributed by atoms with Crippen LogP contribution in [0.15, 0.2) is 24.3 Å². The Balaban J connectivity index is 2.58. The minimum Gasteiger partial charge on any atom is -0.293 e. The Labute approximate surface area is 114 Å². The lowest BCUT2D eigenvalue weighted by Crippen LogP contribution is -2.18. The minimum atomic E-state index is -3.15. The van der Waals surface area contributed by atoms with Crippen LogP contribution in [0.3, 0.4) is 0 Å². The quantitative estimate of drug-likeness (QED) is 0.743. The van der Waals surface area contributed by atoms with Crippen LogP contribution < -0.4 is 0 Å². The van der Waals surface area contributed by atoms with Crippen LogP contribution in [0.25, 0.3) is 0 Å². The number of halogens is 1. The molecule has 0 radical (unpaired) electrons. The van der Waals surface area contributed by atoms with Crippen LogP contribution >= 0.6 is 11.6 Å². The molecule has 4 nitrogen and oxygen atoms in total. The summed E-state index contributed by atoms with van der Waals surface area (Å²) in [6.45, 7) is 0. The Morgan fingerprint density at radius 2 is 2.06 bits per heavy atom. The Hall–Kier alpha value is -0.720. The van der Waals surface area contributed by atoms with E-state index in [1.165, 1.54) is 6.07 Å². The summed E-state index contributed by atoms with van der Waals surface area (Å²) in [6, 6.07) is 6.35. The van der Waals surface area contributed by atoms with Gasteiger partial charge in [-0.1, -0.05) is 23.7 Å². The van der Waals surface area contributed by atoms with E-state index in [1.807, 2.05) is 0 Å². The number of carbonyl (C=O) groups is 1. The third-order valence-electron chi connectivity index (χ3n) is 2.12. The maximum Gasteiger partial charge on any atom is 0.175 e. The summed E-state index contributed by atoms with van der Waals surface area (Å²) < 4.78 is 33.3. The predicted molar refractivity (Wildman–Crippen MR) is 73.4 cm³/mol. The van der Waals surface area contributed by atoms with Crippen LogP contribution in [0.1, 0.15) is 10.4 Å². The molecule has 0 amide bonds. The summed E-state index contributed by atoms with van der Waals surface area (Å²) >= 11 is 5.74. The first-order valence-corrected chi connectivity index (χ1v) is 9.02. The van der Waals surface area contributed by atoms with Gasteiger partial charge < -0.3 is 0 Å². The van der Waals surface area contributed by atoms with Gasteiger partial charge in [0.15, 0.2) is 5.78 Å². The van der Waals surface area contributed by atoms with E-state index >= 15 is 0 Å². The molecule has 0 bridgehead atoms. The minimum absolute atomic E-state index is 0.0227. The molecule has 0 fully saturated rings. The van der Waals surface area contributed by atoms with Crippen molar-refractivity contribution in [2.24, 2.45) is 0 Å². The summed E-state index contributed by atoms with van der Waals surface area (Å²) in [5.74, 6) is -0.687. The summed E-state index contributed by atoms with van der Waals surface area (Å²) in [5, 5.41) is 0.433. The smallest absolute Gasteiger partial charge is 0.175 e. The SMILES string of the molecule is CS(=O)(=O)CCS(=O)CC(=O)c1cccc(Cl)c1. The fraction of sp³-hybridized carbons (Fsp3) is 0.364. The number of benzene rings is 1. The Bertz CT molecular complexity index is 566. The number of sulfone groups is 1. The molecule has 0 N–H and O–H groups in total. The molecule has 7 heteroatoms. The molecule has 0 aliphatic heterocycles. The van der Waals surface area contributed by atoms with Crippen LogP contribution in [0.2, 0.25) is 5.02 Å². The van der Waals surface area contributed by atoms with Crippen LogP contribution in [-0.2, 0) is 20.6 Å². The molecule has 0 aromatic heterocycles. The van der Waals surface area contributed by atoms with E-state index in [4.69, 9.17) is 11.6 Å². The highest BCUT2D eigenvalue weighted by Gasteiger charge is 2.13. The zero-order valence-electron chi connectivity index (χ0n) is 9.76. The van der Waals surface area contributed by atoms with Gasteiger partial charge in [0.1, 0.15) is 9.84 Å². The van der Waals surface area contributed by atoms with Gasteiger partial charge in [0.05, 0.1) is 11.5 Å². The zero-order valence-corrected chi connectivity index (χ0v) is 12.1. The highest BCUT2D eigenvalue weighted by atomic mass is 35.5. The van der Waals surface area contributed by atoms with E-state index in [0.29, 0.717) is 10.6 Å². The van der Waals surface area contributed by atoms with E-state index in [9.17, 15) is 17.4 Å². The van der Waals surface area contributed by atoms with Crippen molar-refractivity contribution in [1.29, 1.82) is 0 Å². The lowest BCUT2D eigenvalue weighted by molar-refractivity contribution is 0.102. The maximum atomic E-state index is 11.7. The number of hydrogen-bond acceptors (Lipinski definition) is 4. The molecule has 1 aromatic carbocycles. The van der Waals surface area contributed by atoms with Crippen molar-refractivity contribution < 1.29 is 17.4 Å². The van der Waals surface area contributed by atoms with E-state index in [1.54, 1.807) is 18.2 Å². The zero-order chi connectivity index (χ0) is 13.8. The van der Waals surface area contributed by atoms with Crippen molar-refractivity contribution in [3.8, 4) is 0 Å². The largest absolute Gasteiger partial charge is 0.293 e. The first-order chi connectivity index (χ1) is 8.28. The normalized spacial score (nSPS) is 13.2. The van der Waals surface area contributed by atoms with Gasteiger partial charge >= 0.3 is 0 Å². The molecule has 0 aliphatic rings. The van der Waals surface area contributed by atoms with Gasteiger partial charge in [0, 0.05) is 33.4 Å². The number of hydrogen-bond donors (Lipinski definition) is 0. The van der Waals surface area contributed by atoms with Gasteiger partial charge in [-0.05, 0) is 12.1 Å². The first-order valence-electron chi connectivity index (χ1n) is 5.09. The van der Waals surface area contributed by atoms with E-state index in [-0.39, 0.29) is 23.0 Å². The van der Waals surface area contributed by atoms with Crippen molar-refractivity contribution >= 4 is 38.0 Å². The standard InChI is InChI=1S/C11H13ClO4S2/c1-18(15,16)6-5-17(14)8-11(13)9-3-2-4-10(12)7-9/h2-4,7H,5-6,8H2,1H3. The van der Waals surface area contributed by atoms with Crippen molar-refractivity contribution in [2.75, 3.05) is 23.5 Å². The van der Waals surface area contributed by atoms with Crippen LogP contribution in [0.4, 0.5) is 0 Å². The Morgan fingerprint density at radius 1 is 1.39 bits per heavy atom. The van der Waals surface area contributed by atoms with E-state index in [0.717, 1.165) is 6.26 Å². The molecule has 1 rings (SSSR count). The van der Waals surface area contributed by atoms with Crippen molar-refractivity contribution in [3.63, 3.8) is 0 Å². The molecule has 18 heavy (non-hydrogen) atoms. The molecular weight excluding hydrogens is 296 g/mol. The second-order valence-corrected chi connectivity index (χ2v) is 8.12. The molecule has 0 heterocycles. The number of Topliss-reactive ketones (excluding diaryl/α,β-unsaturated/α-hetero) is 1. The van der Waals surface area contributed by atoms with Crippen LogP contribution in [0.5, 0.6) is 0 Å². The molecule has 1 atom stereocenters. The highest BCUT2D eigenvalue weighted by molar-refractivity contribution is 7.92. The fourth-order valence-corrected chi connectivity index (χ4v) is 3.96. The van der Waals surface area contributed by atoms with Gasteiger partial charge in [0.25, 0.3) is 0 Å². The topological polar surface area (TPSA) is 68.3 Å². The van der Waals surface area contributed by atoms with Crippen LogP contribution in [0, 0.1) is 0 Å². The predicted octanol–water partition coefficient (Wildman–Crippen LogP) is 1.32. The van der Waals surface area contributed by atoms with E-state index < -0.39 is 20.6 Å². The molecule has 0 saturated heterocycles. The van der Waals surface area contributed by atoms with E-state index in [2.05, 4.69) is 0 Å². The maximum absolute atomic E-state index is 11.7. The van der Waals surface area contributed by atoms with Crippen molar-refractivity contribution in [1.82, 2.24) is 0 Å². The lowest BCUT2D eigenvalue weighted by atomic mass is 10.1. The second kappa shape index (κ2) is 6.45. The summed E-state index contributed by atoms with van der Waals surface area (Å²) in [7, 11) is -4.63. The first kappa shape index (κ1) is 15.3. The van der Waals surface area contributed by atoms with Crippen molar-refractivity contribution in [2.45, 2.75) is 0 Å². The van der Waals surface area contributed by atoms with Gasteiger partial charge in [-0.3, -0.25) is 9.00 Å². The molecule has 0 aliphatic carbocycles. The lowest BCUT2D eigenvalue weighted by Gasteiger charge is -2.02. The van der Waals surface area contributed by atoms with Gasteiger partial charge in [-0.15, -0.1) is 0 Å². The van der Waals surface area contributed by atoms with Gasteiger partial charge in [0.2, 0.25) is 0 Å². The molecule has 1 aromatic rings. The highest BCUT2D eigenvalue weighted by Crippen LogP contribution is 2.11. The third-order valence-corrected chi connectivity index (χ3v) is 4.80. The fourth-order valence-electron chi connectivity index (χ4n) is 1.21. The average molecular weight is 309 g/mol. The number of carbonyl (C=O) groups excluding carboxylic acids is 1. The summed E-state index contributed by atoms with van der Waals surface area (Å²) in [4.78, 5) is 11.7. The number of rotatable bonds is 6. The summed E-state index contributed by atoms with van der Waals surface area (Å²) in [6.07, 6.45) is 1.07. The Morgan fingerprint density at radius 3 is 2.61 bits per heavy atom. The third kappa shape index (κ3) is 5.75. The molecule has 0 saturated carbocycles. The van der Waals surface area contributed by atoms with Crippen molar-refractivity contribution in [3.05, 3.63) is 34.9 Å². The molecule has 0 spiro atoms. The molecule has 1 unspecified atom stereocenters. The second-order valence-electron chi connectivity index (χ2n) is 3.85. The van der Waals surface area contributed by atoms with Gasteiger partial charge in [-0.25, -0.2) is 8.42 Å². The Kier molecular flexibility index (Phi) is 5.49. The summed E-state index contributed by atoms with van der Waals surface area (Å²) in [5.41, 5.74) is 0.384.